The van der Waals surface area contributed by atoms with Crippen molar-refractivity contribution in [2.24, 2.45) is 5.73 Å². The van der Waals surface area contributed by atoms with Crippen molar-refractivity contribution >= 4 is 11.9 Å². The van der Waals surface area contributed by atoms with Gasteiger partial charge in [-0.3, -0.25) is 20.5 Å². The number of aromatic nitrogens is 1. The Morgan fingerprint density at radius 3 is 2.55 bits per heavy atom. The molecule has 0 unspecified atom stereocenters. The van der Waals surface area contributed by atoms with Gasteiger partial charge in [0.2, 0.25) is 0 Å². The summed E-state index contributed by atoms with van der Waals surface area (Å²) in [4.78, 5) is 15.6. The van der Waals surface area contributed by atoms with Gasteiger partial charge in [0.1, 0.15) is 0 Å². The van der Waals surface area contributed by atoms with E-state index in [0.29, 0.717) is 11.1 Å². The van der Waals surface area contributed by atoms with E-state index in [4.69, 9.17) is 11.1 Å². The molecule has 7 heteroatoms. The van der Waals surface area contributed by atoms with Gasteiger partial charge in [-0.25, -0.2) is 4.39 Å². The van der Waals surface area contributed by atoms with Gasteiger partial charge in [-0.2, -0.15) is 0 Å². The van der Waals surface area contributed by atoms with Gasteiger partial charge in [0.15, 0.2) is 17.5 Å². The van der Waals surface area contributed by atoms with Crippen molar-refractivity contribution in [2.45, 2.75) is 0 Å². The van der Waals surface area contributed by atoms with Gasteiger partial charge < -0.3 is 10.8 Å². The topological polar surface area (TPSA) is 112 Å². The van der Waals surface area contributed by atoms with Crippen molar-refractivity contribution in [3.05, 3.63) is 48.0 Å². The highest BCUT2D eigenvalue weighted by molar-refractivity contribution is 6.06. The maximum atomic E-state index is 13.7. The standard InChI is InChI=1S/C13H11FN4O2/c14-10-6-8(7-1-3-17-4-2-7)5-9(11(10)19)12(20)18-13(15)16/h1-6,19H,(H4,15,16,18,20). The summed E-state index contributed by atoms with van der Waals surface area (Å²) < 4.78 is 13.7. The fourth-order valence-electron chi connectivity index (χ4n) is 1.67. The summed E-state index contributed by atoms with van der Waals surface area (Å²) in [6, 6.07) is 5.69. The second kappa shape index (κ2) is 5.35. The fraction of sp³-hybridized carbons (Fsp3) is 0. The van der Waals surface area contributed by atoms with E-state index in [1.165, 1.54) is 18.5 Å². The maximum absolute atomic E-state index is 13.7. The molecule has 0 fully saturated rings. The first-order valence-electron chi connectivity index (χ1n) is 5.57. The largest absolute Gasteiger partial charge is 0.504 e. The van der Waals surface area contributed by atoms with Crippen LogP contribution in [0.3, 0.4) is 0 Å². The monoisotopic (exact) mass is 274 g/mol. The normalized spacial score (nSPS) is 10.1. The van der Waals surface area contributed by atoms with Crippen LogP contribution in [0.2, 0.25) is 0 Å². The van der Waals surface area contributed by atoms with Crippen molar-refractivity contribution < 1.29 is 14.3 Å². The zero-order chi connectivity index (χ0) is 14.7. The molecule has 2 aromatic rings. The number of hydrogen-bond acceptors (Lipinski definition) is 4. The molecule has 5 N–H and O–H groups in total. The molecule has 6 nitrogen and oxygen atoms in total. The van der Waals surface area contributed by atoms with E-state index in [-0.39, 0.29) is 5.56 Å². The van der Waals surface area contributed by atoms with Gasteiger partial charge in [0.05, 0.1) is 5.56 Å². The summed E-state index contributed by atoms with van der Waals surface area (Å²) in [7, 11) is 0. The number of hydrogen-bond donors (Lipinski definition) is 4. The van der Waals surface area contributed by atoms with Crippen LogP contribution in [0.15, 0.2) is 36.7 Å². The van der Waals surface area contributed by atoms with Crippen LogP contribution in [0.5, 0.6) is 5.75 Å². The zero-order valence-electron chi connectivity index (χ0n) is 10.2. The van der Waals surface area contributed by atoms with Gasteiger partial charge in [0.25, 0.3) is 5.91 Å². The highest BCUT2D eigenvalue weighted by Crippen LogP contribution is 2.28. The number of nitrogens with zero attached hydrogens (tertiary/aromatic N) is 1. The number of pyridine rings is 1. The third-order valence-corrected chi connectivity index (χ3v) is 2.57. The molecule has 1 heterocycles. The first kappa shape index (κ1) is 13.5. The highest BCUT2D eigenvalue weighted by Gasteiger charge is 2.17. The van der Waals surface area contributed by atoms with Gasteiger partial charge in [0, 0.05) is 12.4 Å². The lowest BCUT2D eigenvalue weighted by Crippen LogP contribution is -2.35. The van der Waals surface area contributed by atoms with Crippen molar-refractivity contribution in [1.82, 2.24) is 10.3 Å². The number of carbonyl (C=O) groups excluding carboxylic acids is 1. The predicted octanol–water partition coefficient (Wildman–Crippen LogP) is 1.22. The van der Waals surface area contributed by atoms with Gasteiger partial charge in [-0.1, -0.05) is 0 Å². The molecule has 2 rings (SSSR count). The van der Waals surface area contributed by atoms with E-state index in [1.54, 1.807) is 12.1 Å². The Balaban J connectivity index is 2.50. The number of benzene rings is 1. The third-order valence-electron chi connectivity index (χ3n) is 2.57. The summed E-state index contributed by atoms with van der Waals surface area (Å²) in [5.41, 5.74) is 5.77. The Labute approximate surface area is 113 Å². The summed E-state index contributed by atoms with van der Waals surface area (Å²) in [5, 5.41) is 18.6. The van der Waals surface area contributed by atoms with Gasteiger partial charge in [-0.15, -0.1) is 0 Å². The molecule has 1 amide bonds. The second-order valence-electron chi connectivity index (χ2n) is 3.96. The van der Waals surface area contributed by atoms with E-state index < -0.39 is 23.4 Å². The number of halogens is 1. The number of nitrogens with two attached hydrogens (primary N) is 1. The molecular formula is C13H11FN4O2. The smallest absolute Gasteiger partial charge is 0.261 e. The van der Waals surface area contributed by atoms with Crippen LogP contribution >= 0.6 is 0 Å². The van der Waals surface area contributed by atoms with Crippen LogP contribution in [-0.4, -0.2) is 22.0 Å². The molecule has 102 valence electrons. The summed E-state index contributed by atoms with van der Waals surface area (Å²) >= 11 is 0. The Morgan fingerprint density at radius 2 is 1.95 bits per heavy atom. The van der Waals surface area contributed by atoms with Crippen molar-refractivity contribution in [3.8, 4) is 16.9 Å². The Morgan fingerprint density at radius 1 is 1.30 bits per heavy atom. The second-order valence-corrected chi connectivity index (χ2v) is 3.96. The molecule has 0 atom stereocenters. The van der Waals surface area contributed by atoms with Crippen LogP contribution in [0, 0.1) is 11.2 Å². The number of guanidine groups is 1. The number of amides is 1. The molecular weight excluding hydrogens is 263 g/mol. The Bertz CT molecular complexity index is 674. The number of nitrogens with one attached hydrogen (secondary N) is 2. The average molecular weight is 274 g/mol. The van der Waals surface area contributed by atoms with Crippen molar-refractivity contribution in [3.63, 3.8) is 0 Å². The highest BCUT2D eigenvalue weighted by atomic mass is 19.1. The fourth-order valence-corrected chi connectivity index (χ4v) is 1.67. The van der Waals surface area contributed by atoms with Crippen molar-refractivity contribution in [1.29, 1.82) is 5.41 Å². The van der Waals surface area contributed by atoms with Crippen LogP contribution < -0.4 is 11.1 Å². The van der Waals surface area contributed by atoms with E-state index >= 15 is 0 Å². The van der Waals surface area contributed by atoms with Crippen LogP contribution in [0.25, 0.3) is 11.1 Å². The van der Waals surface area contributed by atoms with Gasteiger partial charge >= 0.3 is 0 Å². The summed E-state index contributed by atoms with van der Waals surface area (Å²) in [5.74, 6) is -3.18. The minimum Gasteiger partial charge on any atom is -0.504 e. The molecule has 0 aliphatic heterocycles. The zero-order valence-corrected chi connectivity index (χ0v) is 10.2. The molecule has 0 saturated carbocycles. The number of phenolic OH excluding ortho intramolecular Hbond substituents is 1. The molecule has 0 saturated heterocycles. The molecule has 20 heavy (non-hydrogen) atoms. The number of aromatic hydroxyl groups is 1. The molecule has 0 spiro atoms. The minimum absolute atomic E-state index is 0.299. The van der Waals surface area contributed by atoms with Crippen LogP contribution in [-0.2, 0) is 0 Å². The predicted molar refractivity (Wildman–Crippen MR) is 70.7 cm³/mol. The summed E-state index contributed by atoms with van der Waals surface area (Å²) in [6.45, 7) is 0. The Kier molecular flexibility index (Phi) is 3.60. The SMILES string of the molecule is N=C(N)NC(=O)c1cc(-c2ccncc2)cc(F)c1O. The first-order chi connectivity index (χ1) is 9.49. The summed E-state index contributed by atoms with van der Waals surface area (Å²) in [6.07, 6.45) is 3.05. The number of carbonyl (C=O) groups is 1. The first-order valence-corrected chi connectivity index (χ1v) is 5.57. The van der Waals surface area contributed by atoms with Gasteiger partial charge in [-0.05, 0) is 35.4 Å². The lowest BCUT2D eigenvalue weighted by molar-refractivity contribution is 0.0973. The average Bonchev–Trinajstić information content (AvgIpc) is 2.41. The Hall–Kier alpha value is -2.96. The number of rotatable bonds is 2. The molecule has 1 aromatic heterocycles. The van der Waals surface area contributed by atoms with Crippen LogP contribution in [0.4, 0.5) is 4.39 Å². The molecule has 0 radical (unpaired) electrons. The molecule has 1 aromatic carbocycles. The lowest BCUT2D eigenvalue weighted by Gasteiger charge is -2.09. The van der Waals surface area contributed by atoms with E-state index in [2.05, 4.69) is 4.98 Å². The number of phenols is 1. The van der Waals surface area contributed by atoms with E-state index in [1.807, 2.05) is 5.32 Å². The molecule has 0 aliphatic carbocycles. The minimum atomic E-state index is -0.937. The van der Waals surface area contributed by atoms with E-state index in [0.717, 1.165) is 6.07 Å². The van der Waals surface area contributed by atoms with Crippen LogP contribution in [0.1, 0.15) is 10.4 Å². The molecule has 0 bridgehead atoms. The third kappa shape index (κ3) is 2.72. The lowest BCUT2D eigenvalue weighted by atomic mass is 10.0. The van der Waals surface area contributed by atoms with Crippen molar-refractivity contribution in [2.75, 3.05) is 0 Å². The maximum Gasteiger partial charge on any atom is 0.261 e. The van der Waals surface area contributed by atoms with E-state index in [9.17, 15) is 14.3 Å². The quantitative estimate of drug-likeness (QED) is 0.487. The molecule has 0 aliphatic rings.